The Morgan fingerprint density at radius 3 is 2.34 bits per heavy atom. The summed E-state index contributed by atoms with van der Waals surface area (Å²) in [5.74, 6) is -0.679. The van der Waals surface area contributed by atoms with E-state index in [1.807, 2.05) is 50.2 Å². The van der Waals surface area contributed by atoms with Crippen molar-refractivity contribution in [2.75, 3.05) is 6.61 Å². The lowest BCUT2D eigenvalue weighted by Gasteiger charge is -2.28. The van der Waals surface area contributed by atoms with E-state index in [0.29, 0.717) is 17.9 Å². The van der Waals surface area contributed by atoms with Crippen molar-refractivity contribution in [2.24, 2.45) is 5.92 Å². The first-order chi connectivity index (χ1) is 15.3. The maximum absolute atomic E-state index is 13.0. The normalized spacial score (nSPS) is 16.7. The third-order valence-corrected chi connectivity index (χ3v) is 5.13. The minimum absolute atomic E-state index is 0.0217. The van der Waals surface area contributed by atoms with E-state index in [4.69, 9.17) is 9.47 Å². The van der Waals surface area contributed by atoms with E-state index >= 15 is 0 Å². The first-order valence-corrected chi connectivity index (χ1v) is 10.7. The highest BCUT2D eigenvalue weighted by Crippen LogP contribution is 2.30. The number of hydrogen-bond acceptors (Lipinski definition) is 6. The summed E-state index contributed by atoms with van der Waals surface area (Å²) in [4.78, 5) is 26.0. The molecule has 170 valence electrons. The number of amides is 2. The molecule has 32 heavy (non-hydrogen) atoms. The molecule has 4 N–H and O–H groups in total. The smallest absolute Gasteiger partial charge is 0.475 e. The zero-order valence-corrected chi connectivity index (χ0v) is 18.2. The summed E-state index contributed by atoms with van der Waals surface area (Å²) >= 11 is 0. The average molecular weight is 440 g/mol. The molecule has 3 atom stereocenters. The van der Waals surface area contributed by atoms with Crippen LogP contribution in [0.25, 0.3) is 0 Å². The quantitative estimate of drug-likeness (QED) is 0.434. The zero-order chi connectivity index (χ0) is 23.1. The van der Waals surface area contributed by atoms with Gasteiger partial charge < -0.3 is 30.2 Å². The van der Waals surface area contributed by atoms with Crippen LogP contribution in [0.1, 0.15) is 25.8 Å². The summed E-state index contributed by atoms with van der Waals surface area (Å²) in [6, 6.07) is 15.4. The van der Waals surface area contributed by atoms with Crippen LogP contribution < -0.4 is 20.1 Å². The van der Waals surface area contributed by atoms with Crippen molar-refractivity contribution in [3.05, 3.63) is 60.2 Å². The van der Waals surface area contributed by atoms with Crippen molar-refractivity contribution < 1.29 is 29.1 Å². The van der Waals surface area contributed by atoms with Crippen LogP contribution in [0.3, 0.4) is 0 Å². The third kappa shape index (κ3) is 6.48. The molecule has 1 aliphatic rings. The van der Waals surface area contributed by atoms with Crippen molar-refractivity contribution in [2.45, 2.75) is 44.8 Å². The molecule has 0 aromatic heterocycles. The molecule has 1 aliphatic heterocycles. The van der Waals surface area contributed by atoms with Gasteiger partial charge in [-0.25, -0.2) is 0 Å². The number of carbonyl (C=O) groups is 2. The second-order valence-corrected chi connectivity index (χ2v) is 8.27. The van der Waals surface area contributed by atoms with Crippen molar-refractivity contribution >= 4 is 18.9 Å². The highest BCUT2D eigenvalue weighted by Gasteiger charge is 2.33. The van der Waals surface area contributed by atoms with Gasteiger partial charge in [0, 0.05) is 6.42 Å². The summed E-state index contributed by atoms with van der Waals surface area (Å²) in [6.45, 7) is 3.86. The Morgan fingerprint density at radius 2 is 1.69 bits per heavy atom. The number of ether oxygens (including phenoxy) is 2. The number of rotatable bonds is 9. The van der Waals surface area contributed by atoms with Crippen LogP contribution in [0.2, 0.25) is 0 Å². The molecule has 2 amide bonds. The lowest BCUT2D eigenvalue weighted by Crippen LogP contribution is -2.57. The highest BCUT2D eigenvalue weighted by atomic mass is 16.6. The molecule has 0 radical (unpaired) electrons. The Morgan fingerprint density at radius 1 is 1.03 bits per heavy atom. The van der Waals surface area contributed by atoms with Crippen molar-refractivity contribution in [1.82, 2.24) is 10.6 Å². The molecular weight excluding hydrogens is 411 g/mol. The molecule has 3 rings (SSSR count). The predicted octanol–water partition coefficient (Wildman–Crippen LogP) is 1.10. The fourth-order valence-electron chi connectivity index (χ4n) is 3.52. The Balaban J connectivity index is 1.72. The number of carbonyl (C=O) groups excluding carboxylic acids is 2. The largest absolute Gasteiger partial charge is 0.485 e. The Hall–Kier alpha value is -3.04. The molecule has 0 saturated heterocycles. The van der Waals surface area contributed by atoms with Gasteiger partial charge in [0.05, 0.1) is 5.94 Å². The van der Waals surface area contributed by atoms with Crippen LogP contribution >= 0.6 is 0 Å². The van der Waals surface area contributed by atoms with E-state index in [2.05, 4.69) is 10.6 Å². The summed E-state index contributed by atoms with van der Waals surface area (Å²) in [5, 5.41) is 24.8. The van der Waals surface area contributed by atoms with E-state index in [9.17, 15) is 19.6 Å². The molecule has 8 nitrogen and oxygen atoms in total. The van der Waals surface area contributed by atoms with Crippen molar-refractivity contribution in [3.63, 3.8) is 0 Å². The summed E-state index contributed by atoms with van der Waals surface area (Å²) < 4.78 is 11.4. The van der Waals surface area contributed by atoms with Crippen LogP contribution in [0.15, 0.2) is 54.6 Å². The van der Waals surface area contributed by atoms with E-state index < -0.39 is 37.0 Å². The van der Waals surface area contributed by atoms with Gasteiger partial charge in [0.15, 0.2) is 11.5 Å². The molecule has 0 aliphatic carbocycles. The molecule has 0 fully saturated rings. The minimum Gasteiger partial charge on any atom is -0.485 e. The van der Waals surface area contributed by atoms with Crippen LogP contribution in [-0.2, 0) is 16.0 Å². The standard InChI is InChI=1S/C23H29BN2O6/c1-15(2)12-21(24(29)30)26-22(27)17(13-16-8-4-3-5-9-16)25-23(28)20-14-31-18-10-6-7-11-19(18)32-20/h3-11,15,17,20-21,29-30H,12-14H2,1-2H3,(H,25,28)(H,26,27)/t17-,20-,21-/m0/s1. The lowest BCUT2D eigenvalue weighted by molar-refractivity contribution is -0.135. The summed E-state index contributed by atoms with van der Waals surface area (Å²) in [6.07, 6.45) is -0.296. The number of hydrogen-bond donors (Lipinski definition) is 4. The van der Waals surface area contributed by atoms with Gasteiger partial charge in [0.25, 0.3) is 5.91 Å². The van der Waals surface area contributed by atoms with Crippen LogP contribution in [0.4, 0.5) is 0 Å². The molecule has 2 aromatic rings. The predicted molar refractivity (Wildman–Crippen MR) is 120 cm³/mol. The molecule has 0 bridgehead atoms. The molecular formula is C23H29BN2O6. The Labute approximate surface area is 188 Å². The molecule has 9 heteroatoms. The summed E-state index contributed by atoms with van der Waals surface area (Å²) in [5.41, 5.74) is 0.851. The van der Waals surface area contributed by atoms with Crippen molar-refractivity contribution in [1.29, 1.82) is 0 Å². The highest BCUT2D eigenvalue weighted by molar-refractivity contribution is 6.43. The summed E-state index contributed by atoms with van der Waals surface area (Å²) in [7, 11) is -1.71. The number of benzene rings is 2. The van der Waals surface area contributed by atoms with Crippen molar-refractivity contribution in [3.8, 4) is 11.5 Å². The molecule has 0 saturated carbocycles. The van der Waals surface area contributed by atoms with Crippen LogP contribution in [0, 0.1) is 5.92 Å². The van der Waals surface area contributed by atoms with Crippen LogP contribution in [0.5, 0.6) is 11.5 Å². The minimum atomic E-state index is -1.71. The van der Waals surface area contributed by atoms with E-state index in [1.165, 1.54) is 0 Å². The number of fused-ring (bicyclic) bond motifs is 1. The number of para-hydroxylation sites is 2. The molecule has 0 spiro atoms. The van der Waals surface area contributed by atoms with Gasteiger partial charge in [0.1, 0.15) is 12.6 Å². The molecule has 1 heterocycles. The Kier molecular flexibility index (Phi) is 8.13. The first-order valence-electron chi connectivity index (χ1n) is 10.7. The SMILES string of the molecule is CC(C)C[C@H](NC(=O)[C@H](Cc1ccccc1)NC(=O)[C@@H]1COc2ccccc2O1)B(O)O. The maximum Gasteiger partial charge on any atom is 0.475 e. The second-order valence-electron chi connectivity index (χ2n) is 8.27. The fourth-order valence-corrected chi connectivity index (χ4v) is 3.52. The topological polar surface area (TPSA) is 117 Å². The number of nitrogens with one attached hydrogen (secondary N) is 2. The third-order valence-electron chi connectivity index (χ3n) is 5.13. The van der Waals surface area contributed by atoms with Gasteiger partial charge >= 0.3 is 7.12 Å². The van der Waals surface area contributed by atoms with Gasteiger partial charge in [-0.2, -0.15) is 0 Å². The van der Waals surface area contributed by atoms with Gasteiger partial charge in [-0.1, -0.05) is 56.3 Å². The second kappa shape index (κ2) is 11.0. The van der Waals surface area contributed by atoms with Gasteiger partial charge in [-0.05, 0) is 30.0 Å². The van der Waals surface area contributed by atoms with Crippen LogP contribution in [-0.4, -0.2) is 53.7 Å². The monoisotopic (exact) mass is 440 g/mol. The molecule has 0 unspecified atom stereocenters. The van der Waals surface area contributed by atoms with E-state index in [1.54, 1.807) is 18.2 Å². The average Bonchev–Trinajstić information content (AvgIpc) is 2.78. The van der Waals surface area contributed by atoms with Gasteiger partial charge in [-0.3, -0.25) is 9.59 Å². The van der Waals surface area contributed by atoms with Gasteiger partial charge in [0.2, 0.25) is 12.0 Å². The lowest BCUT2D eigenvalue weighted by atomic mass is 9.75. The van der Waals surface area contributed by atoms with Gasteiger partial charge in [-0.15, -0.1) is 0 Å². The fraction of sp³-hybridized carbons (Fsp3) is 0.391. The Bertz CT molecular complexity index is 908. The maximum atomic E-state index is 13.0. The van der Waals surface area contributed by atoms with E-state index in [0.717, 1.165) is 5.56 Å². The van der Waals surface area contributed by atoms with E-state index in [-0.39, 0.29) is 18.9 Å². The molecule has 2 aromatic carbocycles. The first kappa shape index (κ1) is 23.6. The zero-order valence-electron chi connectivity index (χ0n) is 18.2.